The highest BCUT2D eigenvalue weighted by Gasteiger charge is 2.26. The van der Waals surface area contributed by atoms with Crippen LogP contribution in [0.2, 0.25) is 0 Å². The third-order valence-corrected chi connectivity index (χ3v) is 7.31. The fourth-order valence-electron chi connectivity index (χ4n) is 4.28. The minimum absolute atomic E-state index is 0.0890. The predicted molar refractivity (Wildman–Crippen MR) is 134 cm³/mol. The maximum atomic E-state index is 6.36. The zero-order chi connectivity index (χ0) is 22.8. The molecule has 0 bridgehead atoms. The van der Waals surface area contributed by atoms with E-state index in [4.69, 9.17) is 20.5 Å². The Hall–Kier alpha value is -3.16. The van der Waals surface area contributed by atoms with Gasteiger partial charge in [0.1, 0.15) is 6.10 Å². The summed E-state index contributed by atoms with van der Waals surface area (Å²) >= 11 is 1.73. The third kappa shape index (κ3) is 4.79. The molecular weight excluding hydrogens is 430 g/mol. The first-order valence-corrected chi connectivity index (χ1v) is 12.3. The molecule has 3 aromatic rings. The van der Waals surface area contributed by atoms with Crippen molar-refractivity contribution >= 4 is 28.7 Å². The first-order valence-electron chi connectivity index (χ1n) is 11.4. The van der Waals surface area contributed by atoms with Gasteiger partial charge in [-0.2, -0.15) is 0 Å². The number of aromatic nitrogens is 1. The number of guanidine groups is 1. The number of hydrogen-bond donors (Lipinski definition) is 2. The molecule has 1 unspecified atom stereocenters. The number of hydroxylamine groups is 1. The molecule has 0 aliphatic carbocycles. The normalized spacial score (nSPS) is 19.5. The highest BCUT2D eigenvalue weighted by molar-refractivity contribution is 7.09. The molecule has 5 rings (SSSR count). The Kier molecular flexibility index (Phi) is 6.15. The van der Waals surface area contributed by atoms with Crippen LogP contribution < -0.4 is 11.2 Å². The van der Waals surface area contributed by atoms with Gasteiger partial charge in [0.2, 0.25) is 0 Å². The number of nitrogens with one attached hydrogen (secondary N) is 1. The Balaban J connectivity index is 1.22. The van der Waals surface area contributed by atoms with Gasteiger partial charge in [0.05, 0.1) is 22.1 Å². The van der Waals surface area contributed by atoms with Crippen LogP contribution >= 0.6 is 11.3 Å². The SMILES string of the molecule is Cc1ccc(C)c(N=C(N)N2CCC(c3nc(C4=CC(c5ccccc5)ON4)cs3)CC2)c1. The maximum absolute atomic E-state index is 6.36. The number of nitrogens with two attached hydrogens (primary N) is 1. The van der Waals surface area contributed by atoms with Gasteiger partial charge in [0.15, 0.2) is 5.96 Å². The second-order valence-electron chi connectivity index (χ2n) is 8.72. The number of piperidine rings is 1. The molecule has 170 valence electrons. The summed E-state index contributed by atoms with van der Waals surface area (Å²) in [7, 11) is 0. The average Bonchev–Trinajstić information content (AvgIpc) is 3.52. The summed E-state index contributed by atoms with van der Waals surface area (Å²) in [6, 6.07) is 16.5. The van der Waals surface area contributed by atoms with Gasteiger partial charge in [-0.25, -0.2) is 9.98 Å². The molecule has 0 saturated carbocycles. The second-order valence-corrected chi connectivity index (χ2v) is 9.61. The van der Waals surface area contributed by atoms with Crippen LogP contribution in [0.3, 0.4) is 0 Å². The highest BCUT2D eigenvalue weighted by Crippen LogP contribution is 2.34. The number of hydrogen-bond acceptors (Lipinski definition) is 5. The minimum Gasteiger partial charge on any atom is -0.369 e. The number of likely N-dealkylation sites (tertiary alicyclic amines) is 1. The largest absolute Gasteiger partial charge is 0.369 e. The molecule has 33 heavy (non-hydrogen) atoms. The van der Waals surface area contributed by atoms with Crippen LogP contribution in [0.1, 0.15) is 52.3 Å². The molecule has 3 heterocycles. The lowest BCUT2D eigenvalue weighted by Crippen LogP contribution is -2.42. The quantitative estimate of drug-likeness (QED) is 0.414. The molecule has 6 nitrogen and oxygen atoms in total. The van der Waals surface area contributed by atoms with Gasteiger partial charge in [-0.3, -0.25) is 10.3 Å². The predicted octanol–water partition coefficient (Wildman–Crippen LogP) is 5.20. The van der Waals surface area contributed by atoms with Crippen molar-refractivity contribution in [2.75, 3.05) is 13.1 Å². The second kappa shape index (κ2) is 9.37. The summed E-state index contributed by atoms with van der Waals surface area (Å²) in [5, 5.41) is 3.30. The van der Waals surface area contributed by atoms with E-state index >= 15 is 0 Å². The van der Waals surface area contributed by atoms with E-state index in [9.17, 15) is 0 Å². The number of aryl methyl sites for hydroxylation is 2. The molecule has 1 aromatic heterocycles. The Morgan fingerprint density at radius 2 is 1.94 bits per heavy atom. The average molecular weight is 460 g/mol. The van der Waals surface area contributed by atoms with E-state index in [1.165, 1.54) is 10.6 Å². The molecule has 1 atom stereocenters. The van der Waals surface area contributed by atoms with E-state index in [0.717, 1.165) is 54.1 Å². The maximum Gasteiger partial charge on any atom is 0.196 e. The van der Waals surface area contributed by atoms with Crippen molar-refractivity contribution in [3.63, 3.8) is 0 Å². The first kappa shape index (κ1) is 21.7. The standard InChI is InChI=1S/C26H29N5OS/c1-17-8-9-18(2)21(14-17)29-26(27)31-12-10-20(11-13-31)25-28-23(16-33-25)22-15-24(32-30-22)19-6-4-3-5-7-19/h3-9,14-16,20,24,30H,10-13H2,1-2H3,(H2,27,29). The Labute approximate surface area is 198 Å². The molecule has 2 aliphatic rings. The van der Waals surface area contributed by atoms with Crippen molar-refractivity contribution in [1.82, 2.24) is 15.4 Å². The third-order valence-electron chi connectivity index (χ3n) is 6.31. The molecule has 3 N–H and O–H groups in total. The summed E-state index contributed by atoms with van der Waals surface area (Å²) in [5.41, 5.74) is 15.7. The molecule has 1 fully saturated rings. The molecule has 2 aromatic carbocycles. The summed E-state index contributed by atoms with van der Waals surface area (Å²) < 4.78 is 0. The number of aliphatic imine (C=N–C) groups is 1. The van der Waals surface area contributed by atoms with Crippen LogP contribution in [0.25, 0.3) is 5.70 Å². The lowest BCUT2D eigenvalue weighted by molar-refractivity contribution is 0.0510. The first-order chi connectivity index (χ1) is 16.1. The van der Waals surface area contributed by atoms with E-state index in [2.05, 4.69) is 66.0 Å². The van der Waals surface area contributed by atoms with Crippen LogP contribution in [0.15, 0.2) is 65.0 Å². The Bertz CT molecular complexity index is 1180. The summed E-state index contributed by atoms with van der Waals surface area (Å²) in [4.78, 5) is 17.6. The van der Waals surface area contributed by atoms with Crippen molar-refractivity contribution in [1.29, 1.82) is 0 Å². The number of benzene rings is 2. The zero-order valence-corrected chi connectivity index (χ0v) is 19.8. The molecule has 0 radical (unpaired) electrons. The fourth-order valence-corrected chi connectivity index (χ4v) is 5.27. The monoisotopic (exact) mass is 459 g/mol. The van der Waals surface area contributed by atoms with Gasteiger partial charge in [-0.15, -0.1) is 11.3 Å². The van der Waals surface area contributed by atoms with Gasteiger partial charge >= 0.3 is 0 Å². The summed E-state index contributed by atoms with van der Waals surface area (Å²) in [6.07, 6.45) is 4.05. The molecule has 2 aliphatic heterocycles. The smallest absolute Gasteiger partial charge is 0.196 e. The van der Waals surface area contributed by atoms with Crippen molar-refractivity contribution in [2.45, 2.75) is 38.7 Å². The van der Waals surface area contributed by atoms with Gasteiger partial charge in [0.25, 0.3) is 0 Å². The van der Waals surface area contributed by atoms with Crippen molar-refractivity contribution in [3.05, 3.63) is 87.4 Å². The van der Waals surface area contributed by atoms with Crippen molar-refractivity contribution in [2.24, 2.45) is 10.7 Å². The Morgan fingerprint density at radius 3 is 2.73 bits per heavy atom. The van der Waals surface area contributed by atoms with Crippen LogP contribution in [0.4, 0.5) is 5.69 Å². The van der Waals surface area contributed by atoms with E-state index in [1.54, 1.807) is 11.3 Å². The summed E-state index contributed by atoms with van der Waals surface area (Å²) in [5.74, 6) is 1.05. The van der Waals surface area contributed by atoms with Crippen molar-refractivity contribution < 1.29 is 4.84 Å². The number of thiazole rings is 1. The summed E-state index contributed by atoms with van der Waals surface area (Å²) in [6.45, 7) is 5.92. The number of rotatable bonds is 4. The molecule has 1 saturated heterocycles. The zero-order valence-electron chi connectivity index (χ0n) is 19.0. The van der Waals surface area contributed by atoms with Gasteiger partial charge < -0.3 is 10.6 Å². The van der Waals surface area contributed by atoms with Crippen molar-refractivity contribution in [3.8, 4) is 0 Å². The number of nitrogens with zero attached hydrogens (tertiary/aromatic N) is 3. The van der Waals surface area contributed by atoms with E-state index < -0.39 is 0 Å². The van der Waals surface area contributed by atoms with Crippen LogP contribution in [-0.2, 0) is 4.84 Å². The Morgan fingerprint density at radius 1 is 1.15 bits per heavy atom. The van der Waals surface area contributed by atoms with E-state index in [1.807, 2.05) is 18.2 Å². The van der Waals surface area contributed by atoms with Crippen LogP contribution in [-0.4, -0.2) is 28.9 Å². The molecule has 7 heteroatoms. The fraction of sp³-hybridized carbons (Fsp3) is 0.308. The lowest BCUT2D eigenvalue weighted by Gasteiger charge is -2.31. The van der Waals surface area contributed by atoms with Gasteiger partial charge in [-0.1, -0.05) is 42.5 Å². The minimum atomic E-state index is -0.0890. The lowest BCUT2D eigenvalue weighted by atomic mass is 9.98. The highest BCUT2D eigenvalue weighted by atomic mass is 32.1. The molecule has 0 spiro atoms. The van der Waals surface area contributed by atoms with Gasteiger partial charge in [0, 0.05) is 24.4 Å². The van der Waals surface area contributed by atoms with E-state index in [-0.39, 0.29) is 6.10 Å². The van der Waals surface area contributed by atoms with Crippen LogP contribution in [0.5, 0.6) is 0 Å². The van der Waals surface area contributed by atoms with Gasteiger partial charge in [-0.05, 0) is 55.5 Å². The van der Waals surface area contributed by atoms with Crippen LogP contribution in [0, 0.1) is 13.8 Å². The van der Waals surface area contributed by atoms with E-state index in [0.29, 0.717) is 11.9 Å². The molecular formula is C26H29N5OS. The topological polar surface area (TPSA) is 75.8 Å². The molecule has 0 amide bonds.